The lowest BCUT2D eigenvalue weighted by atomic mass is 10.0. The van der Waals surface area contributed by atoms with Crippen molar-refractivity contribution >= 4 is 9.76 Å². The Morgan fingerprint density at radius 2 is 0.800 bits per heavy atom. The lowest BCUT2D eigenvalue weighted by Crippen LogP contribution is -2.00. The van der Waals surface area contributed by atoms with Crippen molar-refractivity contribution < 1.29 is 4.43 Å². The van der Waals surface area contributed by atoms with Gasteiger partial charge >= 0.3 is 0 Å². The highest BCUT2D eigenvalue weighted by Gasteiger charge is 1.96. The lowest BCUT2D eigenvalue weighted by Gasteiger charge is -2.04. The van der Waals surface area contributed by atoms with Gasteiger partial charge in [-0.15, -0.1) is 0 Å². The zero-order valence-corrected chi connectivity index (χ0v) is 18.8. The molecule has 0 saturated carbocycles. The van der Waals surface area contributed by atoms with E-state index < -0.39 is 0 Å². The second-order valence-corrected chi connectivity index (χ2v) is 8.83. The Hall–Kier alpha value is 0.177. The molecule has 0 amide bonds. The van der Waals surface area contributed by atoms with E-state index in [1.807, 2.05) is 0 Å². The average molecular weight is 369 g/mol. The predicted octanol–water partition coefficient (Wildman–Crippen LogP) is 8.49. The molecular formula is C23H48OSi. The van der Waals surface area contributed by atoms with Crippen LogP contribution in [0.15, 0.2) is 0 Å². The summed E-state index contributed by atoms with van der Waals surface area (Å²) in [4.78, 5) is 0. The first kappa shape index (κ1) is 25.2. The molecule has 0 aromatic carbocycles. The number of rotatable bonds is 22. The Kier molecular flexibility index (Phi) is 24.3. The van der Waals surface area contributed by atoms with Gasteiger partial charge in [0.15, 0.2) is 0 Å². The third-order valence-electron chi connectivity index (χ3n) is 5.08. The summed E-state index contributed by atoms with van der Waals surface area (Å²) in [6.07, 6.45) is 27.0. The van der Waals surface area contributed by atoms with E-state index in [1.54, 1.807) is 0 Å². The van der Waals surface area contributed by atoms with E-state index >= 15 is 0 Å². The van der Waals surface area contributed by atoms with Crippen LogP contribution in [0.2, 0.25) is 6.04 Å². The Balaban J connectivity index is 2.94. The van der Waals surface area contributed by atoms with Crippen molar-refractivity contribution in [3.8, 4) is 0 Å². The molecule has 0 saturated heterocycles. The Morgan fingerprint density at radius 1 is 0.440 bits per heavy atom. The standard InChI is InChI=1S/C23H48OSi/c1-3-5-7-9-10-11-12-13-14-15-16-17-18-19-20-22-24-25-23-21-8-6-4-2/h3-23H2,1-2H3. The van der Waals surface area contributed by atoms with Gasteiger partial charge in [-0.05, 0) is 12.5 Å². The van der Waals surface area contributed by atoms with Crippen LogP contribution in [0.1, 0.15) is 136 Å². The van der Waals surface area contributed by atoms with Crippen molar-refractivity contribution in [2.24, 2.45) is 0 Å². The second kappa shape index (κ2) is 24.2. The molecule has 0 fully saturated rings. The fourth-order valence-electron chi connectivity index (χ4n) is 3.31. The van der Waals surface area contributed by atoms with Crippen LogP contribution < -0.4 is 0 Å². The van der Waals surface area contributed by atoms with Crippen molar-refractivity contribution in [2.75, 3.05) is 6.61 Å². The quantitative estimate of drug-likeness (QED) is 0.137. The van der Waals surface area contributed by atoms with E-state index in [4.69, 9.17) is 4.43 Å². The summed E-state index contributed by atoms with van der Waals surface area (Å²) in [6.45, 7) is 5.57. The van der Waals surface area contributed by atoms with Crippen molar-refractivity contribution in [3.63, 3.8) is 0 Å². The molecule has 0 spiro atoms. The summed E-state index contributed by atoms with van der Waals surface area (Å²) in [7, 11) is 0.754. The molecular weight excluding hydrogens is 320 g/mol. The van der Waals surface area contributed by atoms with Gasteiger partial charge in [0.25, 0.3) is 0 Å². The van der Waals surface area contributed by atoms with Gasteiger partial charge in [-0.3, -0.25) is 0 Å². The van der Waals surface area contributed by atoms with Gasteiger partial charge in [0, 0.05) is 6.61 Å². The van der Waals surface area contributed by atoms with Crippen LogP contribution in [0.5, 0.6) is 0 Å². The van der Waals surface area contributed by atoms with Gasteiger partial charge in [0.2, 0.25) is 9.76 Å². The molecule has 25 heavy (non-hydrogen) atoms. The third kappa shape index (κ3) is 24.2. The lowest BCUT2D eigenvalue weighted by molar-refractivity contribution is 0.319. The third-order valence-corrected chi connectivity index (χ3v) is 6.05. The van der Waals surface area contributed by atoms with Crippen LogP contribution in [0.3, 0.4) is 0 Å². The average Bonchev–Trinajstić information content (AvgIpc) is 2.63. The van der Waals surface area contributed by atoms with Gasteiger partial charge in [-0.1, -0.05) is 129 Å². The normalized spacial score (nSPS) is 11.3. The Bertz CT molecular complexity index is 198. The topological polar surface area (TPSA) is 9.23 Å². The second-order valence-electron chi connectivity index (χ2n) is 7.75. The highest BCUT2D eigenvalue weighted by Crippen LogP contribution is 2.13. The molecule has 0 aromatic heterocycles. The van der Waals surface area contributed by atoms with Crippen LogP contribution in [-0.2, 0) is 4.43 Å². The highest BCUT2D eigenvalue weighted by atomic mass is 28.2. The smallest absolute Gasteiger partial charge is 0.229 e. The molecule has 2 radical (unpaired) electrons. The van der Waals surface area contributed by atoms with E-state index in [0.29, 0.717) is 0 Å². The first-order chi connectivity index (χ1) is 12.4. The molecule has 0 bridgehead atoms. The molecule has 0 aliphatic heterocycles. The molecule has 1 nitrogen and oxygen atoms in total. The summed E-state index contributed by atoms with van der Waals surface area (Å²) >= 11 is 0. The van der Waals surface area contributed by atoms with Crippen molar-refractivity contribution in [1.29, 1.82) is 0 Å². The van der Waals surface area contributed by atoms with Gasteiger partial charge in [0.1, 0.15) is 0 Å². The van der Waals surface area contributed by atoms with Gasteiger partial charge < -0.3 is 4.43 Å². The molecule has 2 heteroatoms. The number of hydrogen-bond donors (Lipinski definition) is 0. The molecule has 0 aliphatic rings. The summed E-state index contributed by atoms with van der Waals surface area (Å²) in [5.41, 5.74) is 0. The van der Waals surface area contributed by atoms with Crippen LogP contribution >= 0.6 is 0 Å². The predicted molar refractivity (Wildman–Crippen MR) is 116 cm³/mol. The van der Waals surface area contributed by atoms with Gasteiger partial charge in [0.05, 0.1) is 0 Å². The Labute approximate surface area is 163 Å². The molecule has 0 aliphatic carbocycles. The van der Waals surface area contributed by atoms with Crippen LogP contribution in [0.4, 0.5) is 0 Å². The van der Waals surface area contributed by atoms with Gasteiger partial charge in [-0.25, -0.2) is 0 Å². The van der Waals surface area contributed by atoms with E-state index in [1.165, 1.54) is 128 Å². The largest absolute Gasteiger partial charge is 0.417 e. The van der Waals surface area contributed by atoms with Gasteiger partial charge in [-0.2, -0.15) is 0 Å². The van der Waals surface area contributed by atoms with E-state index in [-0.39, 0.29) is 0 Å². The maximum absolute atomic E-state index is 5.76. The molecule has 0 rings (SSSR count). The zero-order valence-electron chi connectivity index (χ0n) is 17.8. The molecule has 0 unspecified atom stereocenters. The van der Waals surface area contributed by atoms with E-state index in [0.717, 1.165) is 16.4 Å². The zero-order chi connectivity index (χ0) is 18.3. The summed E-state index contributed by atoms with van der Waals surface area (Å²) < 4.78 is 5.76. The van der Waals surface area contributed by atoms with Crippen LogP contribution in [0.25, 0.3) is 0 Å². The summed E-state index contributed by atoms with van der Waals surface area (Å²) in [5, 5.41) is 0. The molecule has 0 atom stereocenters. The summed E-state index contributed by atoms with van der Waals surface area (Å²) in [6, 6.07) is 1.29. The van der Waals surface area contributed by atoms with Crippen molar-refractivity contribution in [2.45, 2.75) is 142 Å². The highest BCUT2D eigenvalue weighted by molar-refractivity contribution is 6.26. The minimum absolute atomic E-state index is 0.754. The minimum Gasteiger partial charge on any atom is -0.417 e. The van der Waals surface area contributed by atoms with E-state index in [2.05, 4.69) is 13.8 Å². The monoisotopic (exact) mass is 368 g/mol. The first-order valence-corrected chi connectivity index (χ1v) is 12.9. The number of hydrogen-bond acceptors (Lipinski definition) is 1. The van der Waals surface area contributed by atoms with Crippen molar-refractivity contribution in [1.82, 2.24) is 0 Å². The SMILES string of the molecule is CCCCCCCCCCCCCCCCCO[Si]CCCCCC. The van der Waals surface area contributed by atoms with Crippen molar-refractivity contribution in [3.05, 3.63) is 0 Å². The molecule has 150 valence electrons. The van der Waals surface area contributed by atoms with Crippen LogP contribution in [0, 0.1) is 0 Å². The van der Waals surface area contributed by atoms with E-state index in [9.17, 15) is 0 Å². The maximum Gasteiger partial charge on any atom is 0.229 e. The molecule has 0 heterocycles. The van der Waals surface area contributed by atoms with Crippen LogP contribution in [-0.4, -0.2) is 16.4 Å². The fraction of sp³-hybridized carbons (Fsp3) is 1.00. The molecule has 0 N–H and O–H groups in total. The fourth-order valence-corrected chi connectivity index (χ4v) is 4.14. The molecule has 0 aromatic rings. The number of unbranched alkanes of at least 4 members (excludes halogenated alkanes) is 17. The maximum atomic E-state index is 5.76. The first-order valence-electron chi connectivity index (χ1n) is 11.8. The summed E-state index contributed by atoms with van der Waals surface area (Å²) in [5.74, 6) is 0. The Morgan fingerprint density at radius 3 is 1.24 bits per heavy atom. The minimum atomic E-state index is 0.754.